The fraction of sp³-hybridized carbons (Fsp3) is 0.385. The highest BCUT2D eigenvalue weighted by Gasteiger charge is 2.07. The Labute approximate surface area is 106 Å². The molecule has 0 bridgehead atoms. The Morgan fingerprint density at radius 2 is 1.94 bits per heavy atom. The summed E-state index contributed by atoms with van der Waals surface area (Å²) < 4.78 is 10.2. The molecule has 5 heteroatoms. The predicted octanol–water partition coefficient (Wildman–Crippen LogP) is 2.02. The van der Waals surface area contributed by atoms with E-state index in [1.54, 1.807) is 7.11 Å². The molecule has 2 rings (SSSR count). The molecule has 0 saturated carbocycles. The Morgan fingerprint density at radius 1 is 1.22 bits per heavy atom. The molecule has 2 aromatic rings. The molecule has 0 atom stereocenters. The van der Waals surface area contributed by atoms with Crippen LogP contribution in [0.5, 0.6) is 5.75 Å². The molecular formula is C13H17N3O2. The molecule has 0 radical (unpaired) electrons. The van der Waals surface area contributed by atoms with Gasteiger partial charge in [0.25, 0.3) is 0 Å². The zero-order valence-electron chi connectivity index (χ0n) is 10.9. The summed E-state index contributed by atoms with van der Waals surface area (Å²) >= 11 is 0. The SMILES string of the molecule is COc1ccc(CN(C)Cc2nc(C)no2)cc1. The van der Waals surface area contributed by atoms with Crippen LogP contribution in [-0.2, 0) is 13.1 Å². The lowest BCUT2D eigenvalue weighted by Gasteiger charge is -2.14. The molecule has 0 aliphatic carbocycles. The van der Waals surface area contributed by atoms with Gasteiger partial charge in [0.1, 0.15) is 5.75 Å². The van der Waals surface area contributed by atoms with Crippen molar-refractivity contribution in [2.24, 2.45) is 0 Å². The highest BCUT2D eigenvalue weighted by molar-refractivity contribution is 5.27. The van der Waals surface area contributed by atoms with E-state index < -0.39 is 0 Å². The average molecular weight is 247 g/mol. The van der Waals surface area contributed by atoms with Gasteiger partial charge in [0.05, 0.1) is 13.7 Å². The first-order valence-corrected chi connectivity index (χ1v) is 5.78. The molecule has 0 unspecified atom stereocenters. The van der Waals surface area contributed by atoms with E-state index in [-0.39, 0.29) is 0 Å². The predicted molar refractivity (Wildman–Crippen MR) is 67.2 cm³/mol. The van der Waals surface area contributed by atoms with Crippen molar-refractivity contribution >= 4 is 0 Å². The van der Waals surface area contributed by atoms with E-state index >= 15 is 0 Å². The first kappa shape index (κ1) is 12.6. The lowest BCUT2D eigenvalue weighted by atomic mass is 10.2. The molecular weight excluding hydrogens is 230 g/mol. The minimum Gasteiger partial charge on any atom is -0.497 e. The number of hydrogen-bond donors (Lipinski definition) is 0. The van der Waals surface area contributed by atoms with Crippen LogP contribution in [-0.4, -0.2) is 29.2 Å². The second kappa shape index (κ2) is 5.64. The first-order chi connectivity index (χ1) is 8.67. The van der Waals surface area contributed by atoms with Crippen molar-refractivity contribution in [2.75, 3.05) is 14.2 Å². The number of nitrogens with zero attached hydrogens (tertiary/aromatic N) is 3. The Bertz CT molecular complexity index is 493. The van der Waals surface area contributed by atoms with Crippen molar-refractivity contribution in [1.29, 1.82) is 0 Å². The molecule has 0 aliphatic rings. The second-order valence-corrected chi connectivity index (χ2v) is 4.26. The Kier molecular flexibility index (Phi) is 3.94. The Hall–Kier alpha value is -1.88. The van der Waals surface area contributed by atoms with E-state index in [4.69, 9.17) is 9.26 Å². The van der Waals surface area contributed by atoms with Crippen LogP contribution in [0.2, 0.25) is 0 Å². The minimum absolute atomic E-state index is 0.642. The van der Waals surface area contributed by atoms with E-state index in [0.717, 1.165) is 12.3 Å². The lowest BCUT2D eigenvalue weighted by Crippen LogP contribution is -2.17. The standard InChI is InChI=1S/C13H17N3O2/c1-10-14-13(18-15-10)9-16(2)8-11-4-6-12(17-3)7-5-11/h4-7H,8-9H2,1-3H3. The number of rotatable bonds is 5. The number of methoxy groups -OCH3 is 1. The van der Waals surface area contributed by atoms with Crippen LogP contribution in [0.3, 0.4) is 0 Å². The molecule has 0 amide bonds. The van der Waals surface area contributed by atoms with Crippen LogP contribution in [0.25, 0.3) is 0 Å². The largest absolute Gasteiger partial charge is 0.497 e. The lowest BCUT2D eigenvalue weighted by molar-refractivity contribution is 0.260. The van der Waals surface area contributed by atoms with Gasteiger partial charge < -0.3 is 9.26 Å². The number of benzene rings is 1. The molecule has 1 aromatic carbocycles. The first-order valence-electron chi connectivity index (χ1n) is 5.78. The number of aryl methyl sites for hydroxylation is 1. The number of aromatic nitrogens is 2. The van der Waals surface area contributed by atoms with Crippen LogP contribution in [0, 0.1) is 6.92 Å². The molecule has 1 aromatic heterocycles. The maximum atomic E-state index is 5.13. The maximum absolute atomic E-state index is 5.13. The van der Waals surface area contributed by atoms with Crippen molar-refractivity contribution in [3.63, 3.8) is 0 Å². The van der Waals surface area contributed by atoms with E-state index in [1.165, 1.54) is 5.56 Å². The smallest absolute Gasteiger partial charge is 0.240 e. The zero-order valence-corrected chi connectivity index (χ0v) is 10.9. The Morgan fingerprint density at radius 3 is 2.50 bits per heavy atom. The van der Waals surface area contributed by atoms with Crippen molar-refractivity contribution in [1.82, 2.24) is 15.0 Å². The molecule has 0 fully saturated rings. The highest BCUT2D eigenvalue weighted by Crippen LogP contribution is 2.13. The molecule has 0 spiro atoms. The van der Waals surface area contributed by atoms with Crippen LogP contribution in [0.4, 0.5) is 0 Å². The van der Waals surface area contributed by atoms with Crippen molar-refractivity contribution in [3.05, 3.63) is 41.5 Å². The van der Waals surface area contributed by atoms with E-state index in [9.17, 15) is 0 Å². The monoisotopic (exact) mass is 247 g/mol. The van der Waals surface area contributed by atoms with Crippen LogP contribution in [0.1, 0.15) is 17.3 Å². The normalized spacial score (nSPS) is 10.9. The summed E-state index contributed by atoms with van der Waals surface area (Å²) in [6, 6.07) is 8.02. The number of hydrogen-bond acceptors (Lipinski definition) is 5. The molecule has 18 heavy (non-hydrogen) atoms. The van der Waals surface area contributed by atoms with Gasteiger partial charge in [0, 0.05) is 6.54 Å². The fourth-order valence-electron chi connectivity index (χ4n) is 1.73. The van der Waals surface area contributed by atoms with Gasteiger partial charge in [0.15, 0.2) is 5.82 Å². The third-order valence-corrected chi connectivity index (χ3v) is 2.59. The average Bonchev–Trinajstić information content (AvgIpc) is 2.75. The minimum atomic E-state index is 0.642. The van der Waals surface area contributed by atoms with E-state index in [2.05, 4.69) is 15.0 Å². The van der Waals surface area contributed by atoms with Crippen molar-refractivity contribution in [2.45, 2.75) is 20.0 Å². The molecule has 5 nitrogen and oxygen atoms in total. The second-order valence-electron chi connectivity index (χ2n) is 4.26. The van der Waals surface area contributed by atoms with Gasteiger partial charge in [-0.2, -0.15) is 4.98 Å². The summed E-state index contributed by atoms with van der Waals surface area (Å²) in [7, 11) is 3.68. The van der Waals surface area contributed by atoms with Gasteiger partial charge in [-0.05, 0) is 31.7 Å². The molecule has 0 N–H and O–H groups in total. The van der Waals surface area contributed by atoms with Gasteiger partial charge >= 0.3 is 0 Å². The summed E-state index contributed by atoms with van der Waals surface area (Å²) in [6.45, 7) is 3.29. The van der Waals surface area contributed by atoms with Gasteiger partial charge in [-0.1, -0.05) is 17.3 Å². The maximum Gasteiger partial charge on any atom is 0.240 e. The van der Waals surface area contributed by atoms with Crippen LogP contribution in [0.15, 0.2) is 28.8 Å². The van der Waals surface area contributed by atoms with Crippen LogP contribution >= 0.6 is 0 Å². The van der Waals surface area contributed by atoms with Gasteiger partial charge in [-0.25, -0.2) is 0 Å². The van der Waals surface area contributed by atoms with E-state index in [0.29, 0.717) is 18.3 Å². The van der Waals surface area contributed by atoms with Crippen molar-refractivity contribution < 1.29 is 9.26 Å². The zero-order chi connectivity index (χ0) is 13.0. The molecule has 96 valence electrons. The number of ether oxygens (including phenoxy) is 1. The summed E-state index contributed by atoms with van der Waals surface area (Å²) in [4.78, 5) is 6.30. The third kappa shape index (κ3) is 3.30. The molecule has 1 heterocycles. The summed E-state index contributed by atoms with van der Waals surface area (Å²) in [6.07, 6.45) is 0. The molecule has 0 aliphatic heterocycles. The topological polar surface area (TPSA) is 51.4 Å². The highest BCUT2D eigenvalue weighted by atomic mass is 16.5. The van der Waals surface area contributed by atoms with Crippen LogP contribution < -0.4 is 4.74 Å². The third-order valence-electron chi connectivity index (χ3n) is 2.59. The quantitative estimate of drug-likeness (QED) is 0.809. The van der Waals surface area contributed by atoms with Gasteiger partial charge in [-0.3, -0.25) is 4.90 Å². The van der Waals surface area contributed by atoms with Crippen molar-refractivity contribution in [3.8, 4) is 5.75 Å². The summed E-state index contributed by atoms with van der Waals surface area (Å²) in [5, 5.41) is 3.77. The molecule has 0 saturated heterocycles. The van der Waals surface area contributed by atoms with E-state index in [1.807, 2.05) is 38.2 Å². The summed E-state index contributed by atoms with van der Waals surface area (Å²) in [5.41, 5.74) is 1.22. The van der Waals surface area contributed by atoms with Gasteiger partial charge in [-0.15, -0.1) is 0 Å². The van der Waals surface area contributed by atoms with Gasteiger partial charge in [0.2, 0.25) is 5.89 Å². The summed E-state index contributed by atoms with van der Waals surface area (Å²) in [5.74, 6) is 2.18. The fourth-order valence-corrected chi connectivity index (χ4v) is 1.73. The Balaban J connectivity index is 1.91.